The molecular formula is C20H46N2O. The third-order valence-corrected chi connectivity index (χ3v) is 3.30. The normalized spacial score (nSPS) is 12.5. The van der Waals surface area contributed by atoms with Gasteiger partial charge in [0.15, 0.2) is 0 Å². The summed E-state index contributed by atoms with van der Waals surface area (Å²) in [5.41, 5.74) is 0.382. The lowest BCUT2D eigenvalue weighted by Gasteiger charge is -2.30. The molecule has 3 nitrogen and oxygen atoms in total. The van der Waals surface area contributed by atoms with Gasteiger partial charge in [0.25, 0.3) is 0 Å². The second-order valence-electron chi connectivity index (χ2n) is 8.87. The lowest BCUT2D eigenvalue weighted by molar-refractivity contribution is 0.0154. The summed E-state index contributed by atoms with van der Waals surface area (Å²) in [4.78, 5) is 0. The topological polar surface area (TPSA) is 33.3 Å². The Morgan fingerprint density at radius 2 is 1.00 bits per heavy atom. The molecule has 0 saturated carbocycles. The fraction of sp³-hybridized carbons (Fsp3) is 1.00. The summed E-state index contributed by atoms with van der Waals surface area (Å²) in [7, 11) is 0. The minimum absolute atomic E-state index is 0.191. The molecule has 0 heterocycles. The second kappa shape index (κ2) is 13.2. The van der Waals surface area contributed by atoms with Crippen molar-refractivity contribution < 1.29 is 4.74 Å². The van der Waals surface area contributed by atoms with Gasteiger partial charge in [-0.1, -0.05) is 69.2 Å². The van der Waals surface area contributed by atoms with Crippen LogP contribution in [0, 0.1) is 22.7 Å². The van der Waals surface area contributed by atoms with Crippen molar-refractivity contribution in [2.75, 3.05) is 39.4 Å². The number of nitrogens with one attached hydrogen (secondary N) is 2. The van der Waals surface area contributed by atoms with Crippen LogP contribution < -0.4 is 10.6 Å². The Bertz CT molecular complexity index is 234. The summed E-state index contributed by atoms with van der Waals surface area (Å²) in [5.74, 6) is 1.40. The maximum absolute atomic E-state index is 6.00. The SMILES string of the molecule is CC.CC(C)CNCC(C)(C)COCC(C)(C)CNCC(C)C. The standard InChI is InChI=1S/C18H40N2O.C2H6/c1-15(2)9-19-11-17(5,6)13-21-14-18(7,8)12-20-10-16(3)4;1-2/h15-16,19-20H,9-14H2,1-8H3;1-2H3. The molecule has 142 valence electrons. The molecule has 0 aliphatic rings. The van der Waals surface area contributed by atoms with E-state index in [1.54, 1.807) is 0 Å². The Kier molecular flexibility index (Phi) is 14.4. The lowest BCUT2D eigenvalue weighted by atomic mass is 9.92. The zero-order chi connectivity index (χ0) is 18.5. The number of rotatable bonds is 12. The number of hydrogen-bond donors (Lipinski definition) is 2. The van der Waals surface area contributed by atoms with Crippen LogP contribution in [0.15, 0.2) is 0 Å². The van der Waals surface area contributed by atoms with Crippen LogP contribution in [0.25, 0.3) is 0 Å². The van der Waals surface area contributed by atoms with Crippen LogP contribution >= 0.6 is 0 Å². The molecule has 0 radical (unpaired) electrons. The van der Waals surface area contributed by atoms with Gasteiger partial charge in [0.05, 0.1) is 13.2 Å². The Morgan fingerprint density at radius 1 is 0.696 bits per heavy atom. The van der Waals surface area contributed by atoms with Gasteiger partial charge in [-0.3, -0.25) is 0 Å². The third kappa shape index (κ3) is 18.1. The van der Waals surface area contributed by atoms with Crippen LogP contribution in [0.4, 0.5) is 0 Å². The van der Waals surface area contributed by atoms with Crippen LogP contribution in [0.1, 0.15) is 69.2 Å². The molecule has 0 aromatic heterocycles. The van der Waals surface area contributed by atoms with Crippen molar-refractivity contribution in [3.8, 4) is 0 Å². The molecule has 0 aromatic carbocycles. The molecule has 3 heteroatoms. The van der Waals surface area contributed by atoms with Gasteiger partial charge >= 0.3 is 0 Å². The highest BCUT2D eigenvalue weighted by Gasteiger charge is 2.22. The van der Waals surface area contributed by atoms with Crippen molar-refractivity contribution in [3.63, 3.8) is 0 Å². The van der Waals surface area contributed by atoms with E-state index in [1.807, 2.05) is 13.8 Å². The summed E-state index contributed by atoms with van der Waals surface area (Å²) in [5, 5.41) is 7.05. The molecule has 0 unspecified atom stereocenters. The number of ether oxygens (including phenoxy) is 1. The zero-order valence-electron chi connectivity index (χ0n) is 17.8. The number of hydrogen-bond acceptors (Lipinski definition) is 3. The summed E-state index contributed by atoms with van der Waals surface area (Å²) >= 11 is 0. The molecule has 0 rings (SSSR count). The van der Waals surface area contributed by atoms with Gasteiger partial charge in [-0.25, -0.2) is 0 Å². The minimum atomic E-state index is 0.191. The molecule has 23 heavy (non-hydrogen) atoms. The maximum Gasteiger partial charge on any atom is 0.0529 e. The van der Waals surface area contributed by atoms with Gasteiger partial charge in [0.2, 0.25) is 0 Å². The molecular weight excluding hydrogens is 284 g/mol. The van der Waals surface area contributed by atoms with E-state index in [9.17, 15) is 0 Å². The minimum Gasteiger partial charge on any atom is -0.380 e. The monoisotopic (exact) mass is 330 g/mol. The first-order valence-electron chi connectivity index (χ1n) is 9.53. The van der Waals surface area contributed by atoms with E-state index in [-0.39, 0.29) is 10.8 Å². The summed E-state index contributed by atoms with van der Waals surface area (Å²) in [6.07, 6.45) is 0. The Morgan fingerprint density at radius 3 is 1.26 bits per heavy atom. The summed E-state index contributed by atoms with van der Waals surface area (Å²) in [6.45, 7) is 27.8. The van der Waals surface area contributed by atoms with E-state index in [0.29, 0.717) is 11.8 Å². The molecule has 0 aromatic rings. The van der Waals surface area contributed by atoms with Gasteiger partial charge in [-0.2, -0.15) is 0 Å². The molecule has 0 bridgehead atoms. The lowest BCUT2D eigenvalue weighted by Crippen LogP contribution is -2.38. The predicted molar refractivity (Wildman–Crippen MR) is 105 cm³/mol. The molecule has 0 amide bonds. The van der Waals surface area contributed by atoms with Crippen LogP contribution in [-0.2, 0) is 4.74 Å². The van der Waals surface area contributed by atoms with Crippen molar-refractivity contribution in [2.45, 2.75) is 69.2 Å². The molecule has 0 aliphatic heterocycles. The van der Waals surface area contributed by atoms with Gasteiger partial charge in [-0.05, 0) is 24.9 Å². The average molecular weight is 331 g/mol. The van der Waals surface area contributed by atoms with Gasteiger partial charge in [0.1, 0.15) is 0 Å². The second-order valence-corrected chi connectivity index (χ2v) is 8.87. The third-order valence-electron chi connectivity index (χ3n) is 3.30. The molecule has 2 N–H and O–H groups in total. The molecule has 0 fully saturated rings. The molecule has 0 aliphatic carbocycles. The van der Waals surface area contributed by atoms with Crippen molar-refractivity contribution in [1.82, 2.24) is 10.6 Å². The van der Waals surface area contributed by atoms with E-state index >= 15 is 0 Å². The van der Waals surface area contributed by atoms with Crippen LogP contribution in [0.2, 0.25) is 0 Å². The van der Waals surface area contributed by atoms with Crippen LogP contribution in [-0.4, -0.2) is 39.4 Å². The van der Waals surface area contributed by atoms with Gasteiger partial charge in [-0.15, -0.1) is 0 Å². The van der Waals surface area contributed by atoms with Crippen molar-refractivity contribution in [3.05, 3.63) is 0 Å². The van der Waals surface area contributed by atoms with Crippen LogP contribution in [0.5, 0.6) is 0 Å². The van der Waals surface area contributed by atoms with E-state index in [4.69, 9.17) is 4.74 Å². The smallest absolute Gasteiger partial charge is 0.0529 e. The van der Waals surface area contributed by atoms with Gasteiger partial charge in [0, 0.05) is 23.9 Å². The first-order valence-corrected chi connectivity index (χ1v) is 9.53. The van der Waals surface area contributed by atoms with Crippen molar-refractivity contribution in [2.24, 2.45) is 22.7 Å². The van der Waals surface area contributed by atoms with E-state index in [2.05, 4.69) is 66.0 Å². The molecule has 0 atom stereocenters. The summed E-state index contributed by atoms with van der Waals surface area (Å²) < 4.78 is 6.00. The van der Waals surface area contributed by atoms with E-state index < -0.39 is 0 Å². The average Bonchev–Trinajstić information content (AvgIpc) is 2.38. The predicted octanol–water partition coefficient (Wildman–Crippen LogP) is 4.57. The Labute approximate surface area is 147 Å². The first kappa shape index (κ1) is 25.1. The highest BCUT2D eigenvalue weighted by atomic mass is 16.5. The zero-order valence-corrected chi connectivity index (χ0v) is 17.8. The van der Waals surface area contributed by atoms with E-state index in [1.165, 1.54) is 0 Å². The van der Waals surface area contributed by atoms with Crippen molar-refractivity contribution >= 4 is 0 Å². The largest absolute Gasteiger partial charge is 0.380 e. The van der Waals surface area contributed by atoms with Gasteiger partial charge < -0.3 is 15.4 Å². The van der Waals surface area contributed by atoms with Crippen LogP contribution in [0.3, 0.4) is 0 Å². The highest BCUT2D eigenvalue weighted by Crippen LogP contribution is 2.19. The Balaban J connectivity index is 0. The fourth-order valence-corrected chi connectivity index (χ4v) is 2.10. The molecule has 0 spiro atoms. The highest BCUT2D eigenvalue weighted by molar-refractivity contribution is 4.75. The fourth-order valence-electron chi connectivity index (χ4n) is 2.10. The Hall–Kier alpha value is -0.120. The molecule has 0 saturated heterocycles. The first-order chi connectivity index (χ1) is 10.5. The quantitative estimate of drug-likeness (QED) is 0.550. The van der Waals surface area contributed by atoms with Crippen molar-refractivity contribution in [1.29, 1.82) is 0 Å². The maximum atomic E-state index is 6.00. The summed E-state index contributed by atoms with van der Waals surface area (Å²) in [6, 6.07) is 0. The van der Waals surface area contributed by atoms with E-state index in [0.717, 1.165) is 39.4 Å².